The number of aldehydes is 1. The topological polar surface area (TPSA) is 63.3 Å². The molecule has 3 N–H and O–H groups in total. The van der Waals surface area contributed by atoms with Crippen molar-refractivity contribution in [2.24, 2.45) is 5.73 Å². The second-order valence-electron chi connectivity index (χ2n) is 6.72. The number of nitrogens with two attached hydrogens (primary N) is 1. The van der Waals surface area contributed by atoms with E-state index in [9.17, 15) is 4.79 Å². The molecule has 0 bridgehead atoms. The Hall–Kier alpha value is -1.97. The van der Waals surface area contributed by atoms with E-state index < -0.39 is 6.10 Å². The van der Waals surface area contributed by atoms with Gasteiger partial charge in [0.1, 0.15) is 6.10 Å². The van der Waals surface area contributed by atoms with Crippen LogP contribution in [0.25, 0.3) is 0 Å². The summed E-state index contributed by atoms with van der Waals surface area (Å²) in [6.45, 7) is 11.1. The maximum Gasteiger partial charge on any atom is 0.153 e. The van der Waals surface area contributed by atoms with Crippen molar-refractivity contribution in [2.45, 2.75) is 78.9 Å². The highest BCUT2D eigenvalue weighted by Gasteiger charge is 2.09. The summed E-state index contributed by atoms with van der Waals surface area (Å²) in [5, 5.41) is 9.05. The largest absolute Gasteiger partial charge is 0.381 e. The molecule has 156 valence electrons. The van der Waals surface area contributed by atoms with Crippen molar-refractivity contribution in [3.8, 4) is 0 Å². The molecule has 1 atom stereocenters. The Morgan fingerprint density at radius 3 is 2.00 bits per heavy atom. The fourth-order valence-corrected chi connectivity index (χ4v) is 2.99. The molecule has 0 radical (unpaired) electrons. The Balaban J connectivity index is 0.000000497. The highest BCUT2D eigenvalue weighted by Crippen LogP contribution is 2.26. The molecule has 2 aromatic carbocycles. The van der Waals surface area contributed by atoms with Crippen LogP contribution in [0.4, 0.5) is 0 Å². The fraction of sp³-hybridized carbons (Fsp3) is 0.480. The van der Waals surface area contributed by atoms with Gasteiger partial charge in [0.15, 0.2) is 6.29 Å². The zero-order valence-electron chi connectivity index (χ0n) is 18.3. The molecule has 0 saturated carbocycles. The van der Waals surface area contributed by atoms with Crippen LogP contribution in [0.15, 0.2) is 48.5 Å². The van der Waals surface area contributed by atoms with Crippen LogP contribution in [-0.4, -0.2) is 11.4 Å². The van der Waals surface area contributed by atoms with Crippen LogP contribution < -0.4 is 5.73 Å². The van der Waals surface area contributed by atoms with E-state index in [1.54, 1.807) is 12.1 Å². The van der Waals surface area contributed by atoms with Crippen molar-refractivity contribution in [1.29, 1.82) is 0 Å². The maximum absolute atomic E-state index is 10.1. The van der Waals surface area contributed by atoms with Crippen LogP contribution in [0.5, 0.6) is 0 Å². The van der Waals surface area contributed by atoms with Gasteiger partial charge in [0.2, 0.25) is 0 Å². The van der Waals surface area contributed by atoms with Gasteiger partial charge >= 0.3 is 0 Å². The number of hydrogen-bond acceptors (Lipinski definition) is 3. The summed E-state index contributed by atoms with van der Waals surface area (Å²) in [7, 11) is 0. The van der Waals surface area contributed by atoms with Gasteiger partial charge < -0.3 is 15.6 Å². The third kappa shape index (κ3) is 9.82. The monoisotopic (exact) mass is 385 g/mol. The number of aliphatic hydroxyl groups is 1. The highest BCUT2D eigenvalue weighted by atomic mass is 16.3. The lowest BCUT2D eigenvalue weighted by molar-refractivity contribution is -0.115. The van der Waals surface area contributed by atoms with Crippen molar-refractivity contribution in [1.82, 2.24) is 0 Å². The molecular weight excluding hydrogens is 346 g/mol. The van der Waals surface area contributed by atoms with Gasteiger partial charge in [-0.1, -0.05) is 94.6 Å². The van der Waals surface area contributed by atoms with E-state index in [0.717, 1.165) is 11.5 Å². The van der Waals surface area contributed by atoms with Gasteiger partial charge in [-0.05, 0) is 42.4 Å². The third-order valence-corrected chi connectivity index (χ3v) is 4.48. The Morgan fingerprint density at radius 2 is 1.54 bits per heavy atom. The standard InChI is InChI=1S/C14H23N.C9H10O2.C2H6/c1-3-6-13(7-4-2)14-9-5-8-12(10-14)11-15;1-7-2-4-8(5-3-7)9(11)6-10;1-2/h5,8-10,13H,3-4,6-7,11,15H2,1-2H3;2-6,9,11H,1H3;1-2H3. The Bertz CT molecular complexity index is 631. The molecule has 0 aliphatic heterocycles. The third-order valence-electron chi connectivity index (χ3n) is 4.48. The molecule has 0 amide bonds. The van der Waals surface area contributed by atoms with Gasteiger partial charge in [0.25, 0.3) is 0 Å². The van der Waals surface area contributed by atoms with Crippen molar-refractivity contribution in [2.75, 3.05) is 0 Å². The first-order valence-electron chi connectivity index (χ1n) is 10.5. The summed E-state index contributed by atoms with van der Waals surface area (Å²) >= 11 is 0. The number of benzene rings is 2. The first kappa shape index (κ1) is 26.0. The van der Waals surface area contributed by atoms with Crippen LogP contribution in [0.2, 0.25) is 0 Å². The maximum atomic E-state index is 10.1. The molecule has 28 heavy (non-hydrogen) atoms. The van der Waals surface area contributed by atoms with Crippen molar-refractivity contribution in [3.05, 3.63) is 70.8 Å². The van der Waals surface area contributed by atoms with Crippen molar-refractivity contribution < 1.29 is 9.90 Å². The van der Waals surface area contributed by atoms with Crippen LogP contribution in [0, 0.1) is 6.92 Å². The summed E-state index contributed by atoms with van der Waals surface area (Å²) < 4.78 is 0. The van der Waals surface area contributed by atoms with Crippen molar-refractivity contribution >= 4 is 6.29 Å². The number of aliphatic hydroxyl groups excluding tert-OH is 1. The van der Waals surface area contributed by atoms with Gasteiger partial charge in [-0.25, -0.2) is 0 Å². The van der Waals surface area contributed by atoms with Gasteiger partial charge in [-0.2, -0.15) is 0 Å². The van der Waals surface area contributed by atoms with E-state index in [-0.39, 0.29) is 0 Å². The van der Waals surface area contributed by atoms with E-state index in [1.807, 2.05) is 32.9 Å². The summed E-state index contributed by atoms with van der Waals surface area (Å²) in [6, 6.07) is 16.0. The number of hydrogen-bond donors (Lipinski definition) is 2. The minimum atomic E-state index is -0.976. The van der Waals surface area contributed by atoms with E-state index in [4.69, 9.17) is 10.8 Å². The van der Waals surface area contributed by atoms with Crippen LogP contribution in [0.3, 0.4) is 0 Å². The Morgan fingerprint density at radius 1 is 0.964 bits per heavy atom. The zero-order valence-corrected chi connectivity index (χ0v) is 18.3. The van der Waals surface area contributed by atoms with Crippen LogP contribution >= 0.6 is 0 Å². The number of carbonyl (C=O) groups is 1. The van der Waals surface area contributed by atoms with E-state index in [1.165, 1.54) is 36.8 Å². The lowest BCUT2D eigenvalue weighted by Crippen LogP contribution is -2.01. The van der Waals surface area contributed by atoms with E-state index >= 15 is 0 Å². The van der Waals surface area contributed by atoms with E-state index in [2.05, 4.69) is 38.1 Å². The molecule has 3 nitrogen and oxygen atoms in total. The average Bonchev–Trinajstić information content (AvgIpc) is 2.75. The molecule has 2 rings (SSSR count). The molecule has 2 aromatic rings. The predicted molar refractivity (Wildman–Crippen MR) is 120 cm³/mol. The molecule has 1 unspecified atom stereocenters. The summed E-state index contributed by atoms with van der Waals surface area (Å²) in [4.78, 5) is 10.1. The van der Waals surface area contributed by atoms with Gasteiger partial charge in [-0.15, -0.1) is 0 Å². The smallest absolute Gasteiger partial charge is 0.153 e. The first-order chi connectivity index (χ1) is 13.5. The number of aryl methyl sites for hydroxylation is 1. The normalized spacial score (nSPS) is 11.0. The molecule has 0 aliphatic carbocycles. The molecule has 0 aromatic heterocycles. The highest BCUT2D eigenvalue weighted by molar-refractivity contribution is 5.59. The van der Waals surface area contributed by atoms with E-state index in [0.29, 0.717) is 18.4 Å². The minimum absolute atomic E-state index is 0.519. The summed E-state index contributed by atoms with van der Waals surface area (Å²) in [6.07, 6.45) is 4.65. The first-order valence-corrected chi connectivity index (χ1v) is 10.5. The Kier molecular flexibility index (Phi) is 14.9. The molecule has 0 saturated heterocycles. The van der Waals surface area contributed by atoms with Gasteiger partial charge in [0, 0.05) is 6.54 Å². The second-order valence-corrected chi connectivity index (χ2v) is 6.72. The average molecular weight is 386 g/mol. The second kappa shape index (κ2) is 16.0. The molecule has 3 heteroatoms. The van der Waals surface area contributed by atoms with Crippen molar-refractivity contribution in [3.63, 3.8) is 0 Å². The summed E-state index contributed by atoms with van der Waals surface area (Å²) in [5.74, 6) is 0.728. The fourth-order valence-electron chi connectivity index (χ4n) is 2.99. The number of carbonyl (C=O) groups excluding carboxylic acids is 1. The summed E-state index contributed by atoms with van der Waals surface area (Å²) in [5.41, 5.74) is 10.2. The zero-order chi connectivity index (χ0) is 21.4. The van der Waals surface area contributed by atoms with Gasteiger partial charge in [0.05, 0.1) is 0 Å². The quantitative estimate of drug-likeness (QED) is 0.541. The lowest BCUT2D eigenvalue weighted by Gasteiger charge is -2.16. The molecular formula is C25H39NO2. The minimum Gasteiger partial charge on any atom is -0.381 e. The Labute approximate surface area is 172 Å². The number of rotatable bonds is 8. The van der Waals surface area contributed by atoms with Gasteiger partial charge in [-0.3, -0.25) is 0 Å². The lowest BCUT2D eigenvalue weighted by atomic mass is 9.89. The van der Waals surface area contributed by atoms with Crippen LogP contribution in [-0.2, 0) is 11.3 Å². The predicted octanol–water partition coefficient (Wildman–Crippen LogP) is 6.08. The van der Waals surface area contributed by atoms with Crippen LogP contribution in [0.1, 0.15) is 87.7 Å². The molecule has 0 spiro atoms. The molecule has 0 fully saturated rings. The SMILES string of the molecule is CC.CCCC(CCC)c1cccc(CN)c1.Cc1ccc(C(O)C=O)cc1. The molecule has 0 aliphatic rings. The molecule has 0 heterocycles.